The molecule has 0 unspecified atom stereocenters. The number of esters is 1. The number of carbonyl (C=O) groups excluding carboxylic acids is 1. The monoisotopic (exact) mass is 297 g/mol. The zero-order valence-electron chi connectivity index (χ0n) is 8.14. The van der Waals surface area contributed by atoms with Crippen LogP contribution in [0.1, 0.15) is 17.7 Å². The fourth-order valence-corrected chi connectivity index (χ4v) is 1.66. The van der Waals surface area contributed by atoms with Gasteiger partial charge in [-0.3, -0.25) is 9.78 Å². The maximum atomic E-state index is 13.2. The predicted octanol–water partition coefficient (Wildman–Crippen LogP) is 2.64. The zero-order chi connectivity index (χ0) is 12.3. The molecule has 0 bridgehead atoms. The average molecular weight is 298 g/mol. The fraction of sp³-hybridized carbons (Fsp3) is 0.333. The molecule has 0 radical (unpaired) electrons. The third-order valence-corrected chi connectivity index (χ3v) is 2.74. The Labute approximate surface area is 97.8 Å². The second kappa shape index (κ2) is 5.29. The molecule has 88 valence electrons. The van der Waals surface area contributed by atoms with Crippen LogP contribution in [-0.4, -0.2) is 18.1 Å². The molecule has 0 aromatic carbocycles. The number of pyridine rings is 1. The smallest absolute Gasteiger partial charge is 0.310 e. The van der Waals surface area contributed by atoms with Gasteiger partial charge < -0.3 is 4.74 Å². The summed E-state index contributed by atoms with van der Waals surface area (Å²) in [5.74, 6) is -1.55. The van der Waals surface area contributed by atoms with Crippen LogP contribution in [0.4, 0.5) is 13.2 Å². The summed E-state index contributed by atoms with van der Waals surface area (Å²) >= 11 is 2.80. The van der Waals surface area contributed by atoms with Crippen molar-refractivity contribution in [3.63, 3.8) is 0 Å². The van der Waals surface area contributed by atoms with Gasteiger partial charge in [-0.05, 0) is 15.9 Å². The van der Waals surface area contributed by atoms with Crippen LogP contribution in [0.15, 0.2) is 10.7 Å². The molecule has 0 saturated heterocycles. The molecule has 0 saturated carbocycles. The van der Waals surface area contributed by atoms with Crippen molar-refractivity contribution in [3.05, 3.63) is 27.7 Å². The van der Waals surface area contributed by atoms with Gasteiger partial charge in [0.05, 0.1) is 24.2 Å². The molecule has 0 aliphatic rings. The average Bonchev–Trinajstić information content (AvgIpc) is 2.23. The maximum absolute atomic E-state index is 13.2. The Kier molecular flexibility index (Phi) is 4.28. The number of aromatic nitrogens is 1. The van der Waals surface area contributed by atoms with Gasteiger partial charge in [0.15, 0.2) is 0 Å². The zero-order valence-corrected chi connectivity index (χ0v) is 9.72. The summed E-state index contributed by atoms with van der Waals surface area (Å²) in [6, 6.07) is 0. The molecule has 1 aromatic rings. The van der Waals surface area contributed by atoms with Crippen molar-refractivity contribution in [2.24, 2.45) is 0 Å². The molecule has 1 heterocycles. The first-order valence-corrected chi connectivity index (χ1v) is 4.94. The van der Waals surface area contributed by atoms with Crippen molar-refractivity contribution >= 4 is 21.9 Å². The minimum Gasteiger partial charge on any atom is -0.469 e. The van der Waals surface area contributed by atoms with E-state index in [1.165, 1.54) is 0 Å². The topological polar surface area (TPSA) is 39.2 Å². The third-order valence-electron chi connectivity index (χ3n) is 1.85. The van der Waals surface area contributed by atoms with E-state index in [0.717, 1.165) is 7.11 Å². The number of nitrogens with zero attached hydrogens (tertiary/aromatic N) is 1. The van der Waals surface area contributed by atoms with Crippen LogP contribution in [0.3, 0.4) is 0 Å². The van der Waals surface area contributed by atoms with Crippen LogP contribution in [0.2, 0.25) is 0 Å². The lowest BCUT2D eigenvalue weighted by Gasteiger charge is -2.08. The summed E-state index contributed by atoms with van der Waals surface area (Å²) in [6.45, 7) is 0. The summed E-state index contributed by atoms with van der Waals surface area (Å²) in [5.41, 5.74) is -0.780. The van der Waals surface area contributed by atoms with Crippen molar-refractivity contribution in [2.45, 2.75) is 12.8 Å². The van der Waals surface area contributed by atoms with E-state index in [9.17, 15) is 18.0 Å². The van der Waals surface area contributed by atoms with E-state index < -0.39 is 30.3 Å². The molecule has 0 spiro atoms. The fourth-order valence-electron chi connectivity index (χ4n) is 1.05. The molecule has 0 fully saturated rings. The van der Waals surface area contributed by atoms with E-state index in [4.69, 9.17) is 0 Å². The Bertz CT molecular complexity index is 412. The SMILES string of the molecule is COC(=O)Cc1c(F)cnc(C(F)F)c1Br. The van der Waals surface area contributed by atoms with Crippen LogP contribution in [0, 0.1) is 5.82 Å². The number of carbonyl (C=O) groups is 1. The molecular formula is C9H7BrF3NO2. The molecule has 1 aromatic heterocycles. The van der Waals surface area contributed by atoms with Gasteiger partial charge in [0, 0.05) is 5.56 Å². The largest absolute Gasteiger partial charge is 0.469 e. The molecule has 0 atom stereocenters. The first-order chi connectivity index (χ1) is 7.47. The minimum absolute atomic E-state index is 0.183. The molecular weight excluding hydrogens is 291 g/mol. The molecule has 0 aliphatic heterocycles. The molecule has 7 heteroatoms. The van der Waals surface area contributed by atoms with Gasteiger partial charge in [-0.15, -0.1) is 0 Å². The van der Waals surface area contributed by atoms with Gasteiger partial charge in [-0.2, -0.15) is 0 Å². The Morgan fingerprint density at radius 1 is 1.62 bits per heavy atom. The van der Waals surface area contributed by atoms with E-state index in [0.29, 0.717) is 6.20 Å². The Balaban J connectivity index is 3.16. The molecule has 0 amide bonds. The van der Waals surface area contributed by atoms with Gasteiger partial charge in [0.25, 0.3) is 6.43 Å². The highest BCUT2D eigenvalue weighted by Gasteiger charge is 2.21. The summed E-state index contributed by atoms with van der Waals surface area (Å²) < 4.78 is 42.2. The Hall–Kier alpha value is -1.11. The van der Waals surface area contributed by atoms with Crippen molar-refractivity contribution in [2.75, 3.05) is 7.11 Å². The second-order valence-corrected chi connectivity index (χ2v) is 3.63. The Morgan fingerprint density at radius 3 is 2.75 bits per heavy atom. The lowest BCUT2D eigenvalue weighted by Crippen LogP contribution is -2.09. The number of ether oxygens (including phenoxy) is 1. The molecule has 1 rings (SSSR count). The van der Waals surface area contributed by atoms with Gasteiger partial charge in [-0.25, -0.2) is 13.2 Å². The lowest BCUT2D eigenvalue weighted by atomic mass is 10.1. The van der Waals surface area contributed by atoms with Crippen LogP contribution >= 0.6 is 15.9 Å². The number of methoxy groups -OCH3 is 1. The van der Waals surface area contributed by atoms with Crippen LogP contribution in [0.25, 0.3) is 0 Å². The lowest BCUT2D eigenvalue weighted by molar-refractivity contribution is -0.139. The van der Waals surface area contributed by atoms with Gasteiger partial charge in [0.1, 0.15) is 11.5 Å². The van der Waals surface area contributed by atoms with E-state index in [2.05, 4.69) is 25.7 Å². The molecule has 0 N–H and O–H groups in total. The van der Waals surface area contributed by atoms with Crippen molar-refractivity contribution < 1.29 is 22.7 Å². The summed E-state index contributed by atoms with van der Waals surface area (Å²) in [6.07, 6.45) is -2.61. The molecule has 16 heavy (non-hydrogen) atoms. The van der Waals surface area contributed by atoms with E-state index in [1.54, 1.807) is 0 Å². The van der Waals surface area contributed by atoms with Crippen molar-refractivity contribution in [1.82, 2.24) is 4.98 Å². The highest BCUT2D eigenvalue weighted by molar-refractivity contribution is 9.10. The highest BCUT2D eigenvalue weighted by atomic mass is 79.9. The van der Waals surface area contributed by atoms with E-state index in [1.807, 2.05) is 0 Å². The number of hydrogen-bond donors (Lipinski definition) is 0. The minimum atomic E-state index is -2.84. The Morgan fingerprint density at radius 2 is 2.25 bits per heavy atom. The van der Waals surface area contributed by atoms with Crippen molar-refractivity contribution in [1.29, 1.82) is 0 Å². The quantitative estimate of drug-likeness (QED) is 0.805. The van der Waals surface area contributed by atoms with Gasteiger partial charge in [0.2, 0.25) is 0 Å². The number of rotatable bonds is 3. The third kappa shape index (κ3) is 2.72. The summed E-state index contributed by atoms with van der Waals surface area (Å²) in [5, 5.41) is 0. The standard InChI is InChI=1S/C9H7BrF3NO2/c1-16-6(15)2-4-5(11)3-14-8(7(4)10)9(12)13/h3,9H,2H2,1H3. The number of alkyl halides is 2. The number of hydrogen-bond acceptors (Lipinski definition) is 3. The van der Waals surface area contributed by atoms with E-state index >= 15 is 0 Å². The predicted molar refractivity (Wildman–Crippen MR) is 52.6 cm³/mol. The summed E-state index contributed by atoms with van der Waals surface area (Å²) in [7, 11) is 1.13. The van der Waals surface area contributed by atoms with Crippen LogP contribution in [-0.2, 0) is 16.0 Å². The first-order valence-electron chi connectivity index (χ1n) is 4.15. The second-order valence-electron chi connectivity index (χ2n) is 2.84. The highest BCUT2D eigenvalue weighted by Crippen LogP contribution is 2.30. The molecule has 3 nitrogen and oxygen atoms in total. The molecule has 0 aliphatic carbocycles. The van der Waals surface area contributed by atoms with Crippen LogP contribution < -0.4 is 0 Å². The van der Waals surface area contributed by atoms with E-state index in [-0.39, 0.29) is 10.0 Å². The maximum Gasteiger partial charge on any atom is 0.310 e. The van der Waals surface area contributed by atoms with Gasteiger partial charge in [-0.1, -0.05) is 0 Å². The first kappa shape index (κ1) is 13.0. The van der Waals surface area contributed by atoms with Crippen molar-refractivity contribution in [3.8, 4) is 0 Å². The normalized spacial score (nSPS) is 10.6. The number of halogens is 4. The van der Waals surface area contributed by atoms with Gasteiger partial charge >= 0.3 is 5.97 Å². The summed E-state index contributed by atoms with van der Waals surface area (Å²) in [4.78, 5) is 14.2. The van der Waals surface area contributed by atoms with Crippen LogP contribution in [0.5, 0.6) is 0 Å².